The smallest absolute Gasteiger partial charge is 0.0754 e. The van der Waals surface area contributed by atoms with Gasteiger partial charge in [-0.15, -0.1) is 0 Å². The molecule has 1 aliphatic heterocycles. The summed E-state index contributed by atoms with van der Waals surface area (Å²) >= 11 is 0. The standard InChI is InChI=1S/C10H21NO/c1-4-9-10(5-2,6-3)11-7-8-12-9/h9,11H,4-8H2,1-3H3. The summed E-state index contributed by atoms with van der Waals surface area (Å²) in [7, 11) is 0. The Kier molecular flexibility index (Phi) is 3.53. The van der Waals surface area contributed by atoms with Gasteiger partial charge in [-0.3, -0.25) is 0 Å². The second kappa shape index (κ2) is 4.24. The minimum absolute atomic E-state index is 0.257. The normalized spacial score (nSPS) is 28.8. The number of rotatable bonds is 3. The maximum atomic E-state index is 5.76. The predicted molar refractivity (Wildman–Crippen MR) is 51.3 cm³/mol. The molecule has 0 aromatic heterocycles. The SMILES string of the molecule is CCC1OCCNC1(CC)CC. The van der Waals surface area contributed by atoms with Crippen LogP contribution in [-0.4, -0.2) is 24.8 Å². The van der Waals surface area contributed by atoms with Crippen LogP contribution in [0.15, 0.2) is 0 Å². The van der Waals surface area contributed by atoms with Crippen LogP contribution in [0.2, 0.25) is 0 Å². The summed E-state index contributed by atoms with van der Waals surface area (Å²) in [5.41, 5.74) is 0.257. The van der Waals surface area contributed by atoms with Crippen molar-refractivity contribution in [2.75, 3.05) is 13.2 Å². The summed E-state index contributed by atoms with van der Waals surface area (Å²) in [6.07, 6.45) is 3.87. The van der Waals surface area contributed by atoms with Crippen molar-refractivity contribution >= 4 is 0 Å². The Labute approximate surface area is 75.7 Å². The van der Waals surface area contributed by atoms with E-state index in [0.29, 0.717) is 6.10 Å². The zero-order chi connectivity index (χ0) is 9.03. The van der Waals surface area contributed by atoms with Crippen molar-refractivity contribution in [3.63, 3.8) is 0 Å². The Morgan fingerprint density at radius 2 is 2.00 bits per heavy atom. The molecule has 0 radical (unpaired) electrons. The fourth-order valence-electron chi connectivity index (χ4n) is 2.24. The second-order valence-electron chi connectivity index (χ2n) is 3.56. The fourth-order valence-corrected chi connectivity index (χ4v) is 2.24. The Morgan fingerprint density at radius 3 is 2.42 bits per heavy atom. The van der Waals surface area contributed by atoms with Crippen LogP contribution >= 0.6 is 0 Å². The summed E-state index contributed by atoms with van der Waals surface area (Å²) in [6, 6.07) is 0. The molecule has 0 saturated carbocycles. The van der Waals surface area contributed by atoms with E-state index in [1.165, 1.54) is 12.8 Å². The summed E-state index contributed by atoms with van der Waals surface area (Å²) in [5, 5.41) is 3.61. The lowest BCUT2D eigenvalue weighted by Gasteiger charge is -2.43. The van der Waals surface area contributed by atoms with Crippen LogP contribution in [0.5, 0.6) is 0 Å². The zero-order valence-electron chi connectivity index (χ0n) is 8.52. The van der Waals surface area contributed by atoms with E-state index in [1.807, 2.05) is 0 Å². The van der Waals surface area contributed by atoms with Crippen LogP contribution in [0.4, 0.5) is 0 Å². The first-order valence-electron chi connectivity index (χ1n) is 5.15. The van der Waals surface area contributed by atoms with E-state index in [0.717, 1.165) is 19.6 Å². The van der Waals surface area contributed by atoms with Gasteiger partial charge in [0.1, 0.15) is 0 Å². The molecule has 0 spiro atoms. The lowest BCUT2D eigenvalue weighted by Crippen LogP contribution is -2.59. The largest absolute Gasteiger partial charge is 0.375 e. The molecule has 0 amide bonds. The summed E-state index contributed by atoms with van der Waals surface area (Å²) in [6.45, 7) is 8.58. The summed E-state index contributed by atoms with van der Waals surface area (Å²) in [4.78, 5) is 0. The molecule has 1 saturated heterocycles. The van der Waals surface area contributed by atoms with Crippen LogP contribution in [0, 0.1) is 0 Å². The quantitative estimate of drug-likeness (QED) is 0.700. The molecule has 0 bridgehead atoms. The molecule has 1 N–H and O–H groups in total. The van der Waals surface area contributed by atoms with Gasteiger partial charge in [0.2, 0.25) is 0 Å². The number of nitrogens with one attached hydrogen (secondary N) is 1. The van der Waals surface area contributed by atoms with Gasteiger partial charge in [-0.1, -0.05) is 20.8 Å². The minimum atomic E-state index is 0.257. The minimum Gasteiger partial charge on any atom is -0.375 e. The Balaban J connectivity index is 2.66. The third kappa shape index (κ3) is 1.64. The predicted octanol–water partition coefficient (Wildman–Crippen LogP) is 1.94. The van der Waals surface area contributed by atoms with Crippen molar-refractivity contribution in [3.8, 4) is 0 Å². The van der Waals surface area contributed by atoms with Crippen molar-refractivity contribution in [1.29, 1.82) is 0 Å². The molecular weight excluding hydrogens is 150 g/mol. The highest BCUT2D eigenvalue weighted by Crippen LogP contribution is 2.26. The number of hydrogen-bond donors (Lipinski definition) is 1. The van der Waals surface area contributed by atoms with Gasteiger partial charge in [-0.25, -0.2) is 0 Å². The number of ether oxygens (including phenoxy) is 1. The zero-order valence-corrected chi connectivity index (χ0v) is 8.52. The molecule has 0 aliphatic carbocycles. The fraction of sp³-hybridized carbons (Fsp3) is 1.00. The molecule has 1 heterocycles. The lowest BCUT2D eigenvalue weighted by molar-refractivity contribution is -0.0555. The molecule has 0 aromatic rings. The van der Waals surface area contributed by atoms with Crippen molar-refractivity contribution in [3.05, 3.63) is 0 Å². The van der Waals surface area contributed by atoms with Gasteiger partial charge in [0, 0.05) is 12.1 Å². The van der Waals surface area contributed by atoms with E-state index in [4.69, 9.17) is 4.74 Å². The average Bonchev–Trinajstić information content (AvgIpc) is 2.17. The summed E-state index contributed by atoms with van der Waals surface area (Å²) < 4.78 is 5.76. The second-order valence-corrected chi connectivity index (χ2v) is 3.56. The first kappa shape index (κ1) is 10.0. The van der Waals surface area contributed by atoms with Crippen LogP contribution < -0.4 is 5.32 Å². The molecule has 12 heavy (non-hydrogen) atoms. The van der Waals surface area contributed by atoms with E-state index in [1.54, 1.807) is 0 Å². The van der Waals surface area contributed by atoms with E-state index in [-0.39, 0.29) is 5.54 Å². The molecule has 1 atom stereocenters. The summed E-state index contributed by atoms with van der Waals surface area (Å²) in [5.74, 6) is 0. The molecular formula is C10H21NO. The van der Waals surface area contributed by atoms with Crippen molar-refractivity contribution in [2.45, 2.75) is 51.7 Å². The van der Waals surface area contributed by atoms with Crippen LogP contribution in [-0.2, 0) is 4.74 Å². The average molecular weight is 171 g/mol. The van der Waals surface area contributed by atoms with Crippen LogP contribution in [0.1, 0.15) is 40.0 Å². The highest BCUT2D eigenvalue weighted by Gasteiger charge is 2.37. The van der Waals surface area contributed by atoms with E-state index in [2.05, 4.69) is 26.1 Å². The van der Waals surface area contributed by atoms with E-state index < -0.39 is 0 Å². The molecule has 1 fully saturated rings. The third-order valence-electron chi connectivity index (χ3n) is 3.15. The third-order valence-corrected chi connectivity index (χ3v) is 3.15. The topological polar surface area (TPSA) is 21.3 Å². The first-order chi connectivity index (χ1) is 5.79. The maximum absolute atomic E-state index is 5.76. The van der Waals surface area contributed by atoms with Gasteiger partial charge >= 0.3 is 0 Å². The van der Waals surface area contributed by atoms with Gasteiger partial charge in [-0.05, 0) is 19.3 Å². The van der Waals surface area contributed by atoms with E-state index in [9.17, 15) is 0 Å². The highest BCUT2D eigenvalue weighted by atomic mass is 16.5. The Hall–Kier alpha value is -0.0800. The number of hydrogen-bond acceptors (Lipinski definition) is 2. The maximum Gasteiger partial charge on any atom is 0.0754 e. The van der Waals surface area contributed by atoms with Gasteiger partial charge in [0.15, 0.2) is 0 Å². The first-order valence-corrected chi connectivity index (χ1v) is 5.15. The van der Waals surface area contributed by atoms with Gasteiger partial charge < -0.3 is 10.1 Å². The van der Waals surface area contributed by atoms with Crippen LogP contribution in [0.3, 0.4) is 0 Å². The van der Waals surface area contributed by atoms with Gasteiger partial charge in [0.25, 0.3) is 0 Å². The molecule has 1 rings (SSSR count). The molecule has 72 valence electrons. The molecule has 2 heteroatoms. The highest BCUT2D eigenvalue weighted by molar-refractivity contribution is 4.95. The monoisotopic (exact) mass is 171 g/mol. The van der Waals surface area contributed by atoms with Gasteiger partial charge in [0.05, 0.1) is 12.7 Å². The lowest BCUT2D eigenvalue weighted by atomic mass is 9.84. The van der Waals surface area contributed by atoms with E-state index >= 15 is 0 Å². The van der Waals surface area contributed by atoms with Crippen molar-refractivity contribution in [2.24, 2.45) is 0 Å². The van der Waals surface area contributed by atoms with Crippen LogP contribution in [0.25, 0.3) is 0 Å². The van der Waals surface area contributed by atoms with Crippen molar-refractivity contribution < 1.29 is 4.74 Å². The Bertz CT molecular complexity index is 132. The van der Waals surface area contributed by atoms with Gasteiger partial charge in [-0.2, -0.15) is 0 Å². The number of morpholine rings is 1. The molecule has 1 aliphatic rings. The molecule has 0 aromatic carbocycles. The Morgan fingerprint density at radius 1 is 1.33 bits per heavy atom. The van der Waals surface area contributed by atoms with Crippen molar-refractivity contribution in [1.82, 2.24) is 5.32 Å². The molecule has 2 nitrogen and oxygen atoms in total. The molecule has 1 unspecified atom stereocenters.